The molecule has 0 atom stereocenters. The summed E-state index contributed by atoms with van der Waals surface area (Å²) >= 11 is 0. The van der Waals surface area contributed by atoms with Crippen LogP contribution in [-0.2, 0) is 4.79 Å². The van der Waals surface area contributed by atoms with Crippen LogP contribution in [0.3, 0.4) is 0 Å². The van der Waals surface area contributed by atoms with Crippen molar-refractivity contribution in [2.75, 3.05) is 6.54 Å². The van der Waals surface area contributed by atoms with Crippen LogP contribution in [0.25, 0.3) is 0 Å². The van der Waals surface area contributed by atoms with Crippen LogP contribution in [0.5, 0.6) is 0 Å². The van der Waals surface area contributed by atoms with Crippen molar-refractivity contribution >= 4 is 12.0 Å². The van der Waals surface area contributed by atoms with Crippen molar-refractivity contribution in [3.05, 3.63) is 11.1 Å². The topological polar surface area (TPSA) is 29.4 Å². The van der Waals surface area contributed by atoms with E-state index in [1.165, 1.54) is 5.57 Å². The lowest BCUT2D eigenvalue weighted by molar-refractivity contribution is -0.116. The summed E-state index contributed by atoms with van der Waals surface area (Å²) in [5.41, 5.74) is 2.17. The van der Waals surface area contributed by atoms with Crippen LogP contribution in [0.15, 0.2) is 16.1 Å². The highest BCUT2D eigenvalue weighted by Gasteiger charge is 2.21. The van der Waals surface area contributed by atoms with Crippen molar-refractivity contribution < 1.29 is 4.79 Å². The average molecular weight is 135 g/mol. The van der Waals surface area contributed by atoms with Gasteiger partial charge in [-0.1, -0.05) is 0 Å². The normalized spacial score (nSPS) is 23.8. The van der Waals surface area contributed by atoms with Gasteiger partial charge in [0.25, 0.3) is 0 Å². The molecule has 2 aliphatic rings. The number of allylic oxidation sites excluding steroid dienone is 1. The second-order valence-corrected chi connectivity index (χ2v) is 2.75. The minimum atomic E-state index is 0.318. The molecule has 0 saturated carbocycles. The number of ketones is 1. The number of aliphatic imine (C=N–C) groups is 1. The van der Waals surface area contributed by atoms with Crippen molar-refractivity contribution in [3.8, 4) is 0 Å². The van der Waals surface area contributed by atoms with Gasteiger partial charge in [-0.15, -0.1) is 0 Å². The van der Waals surface area contributed by atoms with E-state index < -0.39 is 0 Å². The van der Waals surface area contributed by atoms with Gasteiger partial charge in [0, 0.05) is 18.2 Å². The smallest absolute Gasteiger partial charge is 0.161 e. The Morgan fingerprint density at radius 2 is 2.30 bits per heavy atom. The van der Waals surface area contributed by atoms with E-state index in [2.05, 4.69) is 4.99 Å². The van der Waals surface area contributed by atoms with Crippen molar-refractivity contribution in [2.24, 2.45) is 4.99 Å². The molecule has 0 amide bonds. The minimum Gasteiger partial charge on any atom is -0.294 e. The molecular weight excluding hydrogens is 126 g/mol. The molecule has 0 spiro atoms. The van der Waals surface area contributed by atoms with Crippen LogP contribution in [0.2, 0.25) is 0 Å². The highest BCUT2D eigenvalue weighted by atomic mass is 16.1. The van der Waals surface area contributed by atoms with Crippen LogP contribution >= 0.6 is 0 Å². The lowest BCUT2D eigenvalue weighted by Crippen LogP contribution is -2.10. The first-order valence-corrected chi connectivity index (χ1v) is 3.63. The van der Waals surface area contributed by atoms with E-state index >= 15 is 0 Å². The van der Waals surface area contributed by atoms with Crippen LogP contribution in [0.1, 0.15) is 19.3 Å². The van der Waals surface area contributed by atoms with Crippen molar-refractivity contribution in [1.82, 2.24) is 0 Å². The van der Waals surface area contributed by atoms with E-state index in [0.29, 0.717) is 12.3 Å². The van der Waals surface area contributed by atoms with Gasteiger partial charge in [0.2, 0.25) is 0 Å². The average Bonchev–Trinajstić information content (AvgIpc) is 2.36. The Labute approximate surface area is 59.6 Å². The van der Waals surface area contributed by atoms with E-state index in [4.69, 9.17) is 0 Å². The molecule has 0 aromatic carbocycles. The Balaban J connectivity index is 2.36. The molecule has 0 N–H and O–H groups in total. The van der Waals surface area contributed by atoms with Crippen LogP contribution in [-0.4, -0.2) is 18.5 Å². The summed E-state index contributed by atoms with van der Waals surface area (Å²) in [5, 5.41) is 0. The van der Waals surface area contributed by atoms with Gasteiger partial charge in [-0.3, -0.25) is 9.79 Å². The number of rotatable bonds is 0. The Bertz CT molecular complexity index is 238. The molecule has 0 saturated heterocycles. The molecule has 0 unspecified atom stereocenters. The number of carbonyl (C=O) groups excluding carboxylic acids is 1. The fourth-order valence-corrected chi connectivity index (χ4v) is 1.50. The Morgan fingerprint density at radius 1 is 1.40 bits per heavy atom. The minimum absolute atomic E-state index is 0.318. The van der Waals surface area contributed by atoms with E-state index in [1.807, 2.05) is 6.21 Å². The third-order valence-corrected chi connectivity index (χ3v) is 2.07. The molecule has 2 rings (SSSR count). The number of nitrogens with zero attached hydrogens (tertiary/aromatic N) is 1. The fourth-order valence-electron chi connectivity index (χ4n) is 1.50. The summed E-state index contributed by atoms with van der Waals surface area (Å²) in [5.74, 6) is 0.318. The zero-order chi connectivity index (χ0) is 6.97. The van der Waals surface area contributed by atoms with Crippen molar-refractivity contribution in [2.45, 2.75) is 19.3 Å². The summed E-state index contributed by atoms with van der Waals surface area (Å²) in [6.45, 7) is 0.647. The van der Waals surface area contributed by atoms with Crippen LogP contribution in [0.4, 0.5) is 0 Å². The monoisotopic (exact) mass is 135 g/mol. The van der Waals surface area contributed by atoms with Crippen molar-refractivity contribution in [1.29, 1.82) is 0 Å². The zero-order valence-electron chi connectivity index (χ0n) is 5.76. The maximum absolute atomic E-state index is 11.1. The molecule has 1 aliphatic carbocycles. The molecule has 52 valence electrons. The summed E-state index contributed by atoms with van der Waals surface area (Å²) < 4.78 is 0. The highest BCUT2D eigenvalue weighted by Crippen LogP contribution is 2.23. The largest absolute Gasteiger partial charge is 0.294 e. The Morgan fingerprint density at radius 3 is 3.10 bits per heavy atom. The molecular formula is C8H9NO. The van der Waals surface area contributed by atoms with Gasteiger partial charge in [-0.2, -0.15) is 0 Å². The molecule has 0 aromatic rings. The number of hydrogen-bond donors (Lipinski definition) is 0. The third kappa shape index (κ3) is 0.719. The van der Waals surface area contributed by atoms with E-state index in [-0.39, 0.29) is 0 Å². The summed E-state index contributed by atoms with van der Waals surface area (Å²) in [4.78, 5) is 15.2. The van der Waals surface area contributed by atoms with E-state index in [9.17, 15) is 4.79 Å². The zero-order valence-corrected chi connectivity index (χ0v) is 5.76. The second kappa shape index (κ2) is 2.04. The molecule has 0 bridgehead atoms. The summed E-state index contributed by atoms with van der Waals surface area (Å²) in [6, 6.07) is 0. The predicted octanol–water partition coefficient (Wildman–Crippen LogP) is 1.12. The third-order valence-electron chi connectivity index (χ3n) is 2.07. The number of carbonyl (C=O) groups is 1. The van der Waals surface area contributed by atoms with Crippen molar-refractivity contribution in [3.63, 3.8) is 0 Å². The van der Waals surface area contributed by atoms with E-state index in [0.717, 1.165) is 24.8 Å². The van der Waals surface area contributed by atoms with Gasteiger partial charge < -0.3 is 0 Å². The van der Waals surface area contributed by atoms with Gasteiger partial charge >= 0.3 is 0 Å². The second-order valence-electron chi connectivity index (χ2n) is 2.75. The number of Topliss-reactive ketones (excluding diaryl/α,β-unsaturated/α-hetero) is 1. The maximum Gasteiger partial charge on any atom is 0.161 e. The molecule has 2 heteroatoms. The Kier molecular flexibility index (Phi) is 1.19. The number of hydrogen-bond acceptors (Lipinski definition) is 2. The SMILES string of the molecule is O=C1CCCC2=C1CN=C2. The van der Waals surface area contributed by atoms with Crippen LogP contribution in [0, 0.1) is 0 Å². The molecule has 10 heavy (non-hydrogen) atoms. The molecule has 1 heterocycles. The van der Waals surface area contributed by atoms with Crippen LogP contribution < -0.4 is 0 Å². The maximum atomic E-state index is 11.1. The quantitative estimate of drug-likeness (QED) is 0.489. The Hall–Kier alpha value is -0.920. The molecule has 0 fully saturated rings. The molecule has 0 radical (unpaired) electrons. The summed E-state index contributed by atoms with van der Waals surface area (Å²) in [7, 11) is 0. The first-order chi connectivity index (χ1) is 4.88. The lowest BCUT2D eigenvalue weighted by Gasteiger charge is -2.09. The molecule has 1 aliphatic heterocycles. The van der Waals surface area contributed by atoms with Gasteiger partial charge in [-0.05, 0) is 18.4 Å². The van der Waals surface area contributed by atoms with Gasteiger partial charge in [0.05, 0.1) is 6.54 Å². The highest BCUT2D eigenvalue weighted by molar-refractivity contribution is 6.04. The van der Waals surface area contributed by atoms with Gasteiger partial charge in [-0.25, -0.2) is 0 Å². The molecule has 2 nitrogen and oxygen atoms in total. The predicted molar refractivity (Wildman–Crippen MR) is 39.2 cm³/mol. The lowest BCUT2D eigenvalue weighted by atomic mass is 9.93. The fraction of sp³-hybridized carbons (Fsp3) is 0.500. The molecule has 0 aromatic heterocycles. The standard InChI is InChI=1S/C8H9NO/c10-8-3-1-2-6-4-9-5-7(6)8/h4H,1-3,5H2. The van der Waals surface area contributed by atoms with Gasteiger partial charge in [0.15, 0.2) is 5.78 Å². The first kappa shape index (κ1) is 5.83. The van der Waals surface area contributed by atoms with E-state index in [1.54, 1.807) is 0 Å². The summed E-state index contributed by atoms with van der Waals surface area (Å²) in [6.07, 6.45) is 4.67. The first-order valence-electron chi connectivity index (χ1n) is 3.63. The van der Waals surface area contributed by atoms with Gasteiger partial charge in [0.1, 0.15) is 0 Å².